The van der Waals surface area contributed by atoms with E-state index in [1.54, 1.807) is 18.2 Å². The molecule has 0 saturated heterocycles. The quantitative estimate of drug-likeness (QED) is 0.696. The van der Waals surface area contributed by atoms with Gasteiger partial charge in [-0.2, -0.15) is 0 Å². The van der Waals surface area contributed by atoms with Crippen molar-refractivity contribution in [2.45, 2.75) is 52.0 Å². The van der Waals surface area contributed by atoms with Gasteiger partial charge in [-0.25, -0.2) is 0 Å². The molecule has 0 bridgehead atoms. The number of aryl methyl sites for hydroxylation is 2. The summed E-state index contributed by atoms with van der Waals surface area (Å²) in [5.41, 5.74) is 3.15. The highest BCUT2D eigenvalue weighted by Crippen LogP contribution is 2.23. The fourth-order valence-electron chi connectivity index (χ4n) is 3.44. The Bertz CT molecular complexity index is 892. The van der Waals surface area contributed by atoms with E-state index in [-0.39, 0.29) is 24.5 Å². The van der Waals surface area contributed by atoms with Crippen LogP contribution in [0.1, 0.15) is 53.6 Å². The van der Waals surface area contributed by atoms with Crippen LogP contribution >= 0.6 is 11.6 Å². The molecule has 0 aliphatic heterocycles. The summed E-state index contributed by atoms with van der Waals surface area (Å²) in [4.78, 5) is 24.9. The molecule has 0 heterocycles. The van der Waals surface area contributed by atoms with Crippen LogP contribution in [0.25, 0.3) is 0 Å². The largest absolute Gasteiger partial charge is 0.484 e. The van der Waals surface area contributed by atoms with Crippen molar-refractivity contribution < 1.29 is 14.3 Å². The van der Waals surface area contributed by atoms with Gasteiger partial charge in [-0.05, 0) is 68.1 Å². The maximum absolute atomic E-state index is 12.6. The van der Waals surface area contributed by atoms with Gasteiger partial charge in [0.1, 0.15) is 5.75 Å². The number of amides is 2. The lowest BCUT2D eigenvalue weighted by molar-refractivity contribution is -0.118. The molecular weight excluding hydrogens is 388 g/mol. The predicted octanol–water partition coefficient (Wildman–Crippen LogP) is 5.04. The highest BCUT2D eigenvalue weighted by molar-refractivity contribution is 6.34. The zero-order chi connectivity index (χ0) is 20.8. The summed E-state index contributed by atoms with van der Waals surface area (Å²) in [6.07, 6.45) is 5.48. The van der Waals surface area contributed by atoms with Gasteiger partial charge in [0.25, 0.3) is 11.8 Å². The van der Waals surface area contributed by atoms with Gasteiger partial charge in [0.15, 0.2) is 6.61 Å². The molecule has 5 nitrogen and oxygen atoms in total. The minimum absolute atomic E-state index is 0.116. The second-order valence-corrected chi connectivity index (χ2v) is 7.99. The first-order valence-electron chi connectivity index (χ1n) is 10.0. The van der Waals surface area contributed by atoms with Crippen molar-refractivity contribution in [3.05, 3.63) is 58.1 Å². The number of anilines is 1. The van der Waals surface area contributed by atoms with Gasteiger partial charge in [-0.15, -0.1) is 0 Å². The molecule has 2 amide bonds. The Labute approximate surface area is 176 Å². The molecule has 0 radical (unpaired) electrons. The second-order valence-electron chi connectivity index (χ2n) is 7.59. The van der Waals surface area contributed by atoms with Gasteiger partial charge in [0, 0.05) is 11.7 Å². The van der Waals surface area contributed by atoms with Crippen molar-refractivity contribution in [1.82, 2.24) is 5.32 Å². The predicted molar refractivity (Wildman–Crippen MR) is 116 cm³/mol. The van der Waals surface area contributed by atoms with E-state index >= 15 is 0 Å². The molecule has 2 aromatic rings. The van der Waals surface area contributed by atoms with Gasteiger partial charge < -0.3 is 15.4 Å². The summed E-state index contributed by atoms with van der Waals surface area (Å²) < 4.78 is 5.56. The Hall–Kier alpha value is -2.53. The summed E-state index contributed by atoms with van der Waals surface area (Å²) in [5.74, 6) is 0.139. The van der Waals surface area contributed by atoms with Gasteiger partial charge >= 0.3 is 0 Å². The number of hydrogen-bond donors (Lipinski definition) is 2. The van der Waals surface area contributed by atoms with E-state index in [0.29, 0.717) is 22.0 Å². The third-order valence-electron chi connectivity index (χ3n) is 5.28. The summed E-state index contributed by atoms with van der Waals surface area (Å²) in [6, 6.07) is 10.8. The Morgan fingerprint density at radius 1 is 1.03 bits per heavy atom. The second kappa shape index (κ2) is 9.79. The minimum Gasteiger partial charge on any atom is -0.484 e. The molecule has 1 fully saturated rings. The van der Waals surface area contributed by atoms with Gasteiger partial charge in [-0.1, -0.05) is 36.9 Å². The van der Waals surface area contributed by atoms with Crippen LogP contribution in [0.3, 0.4) is 0 Å². The fourth-order valence-corrected chi connectivity index (χ4v) is 3.64. The number of ether oxygens (including phenoxy) is 1. The summed E-state index contributed by atoms with van der Waals surface area (Å²) in [7, 11) is 0. The Kier molecular flexibility index (Phi) is 7.15. The third-order valence-corrected chi connectivity index (χ3v) is 5.61. The zero-order valence-electron chi connectivity index (χ0n) is 16.9. The average Bonchev–Trinajstić information content (AvgIpc) is 2.71. The summed E-state index contributed by atoms with van der Waals surface area (Å²) in [6.45, 7) is 3.90. The summed E-state index contributed by atoms with van der Waals surface area (Å²) >= 11 is 6.22. The first-order chi connectivity index (χ1) is 13.9. The first-order valence-corrected chi connectivity index (χ1v) is 10.4. The van der Waals surface area contributed by atoms with Crippen LogP contribution in [0.5, 0.6) is 5.75 Å². The Morgan fingerprint density at radius 2 is 1.79 bits per heavy atom. The highest BCUT2D eigenvalue weighted by Gasteiger charge is 2.19. The number of rotatable bonds is 6. The standard InChI is InChI=1S/C23H27ClN2O3/c1-15-8-10-19(12-16(15)2)29-14-22(27)25-18-9-11-21(24)20(13-18)23(28)26-17-6-4-3-5-7-17/h8-13,17H,3-7,14H2,1-2H3,(H,25,27)(H,26,28). The zero-order valence-corrected chi connectivity index (χ0v) is 17.6. The van der Waals surface area contributed by atoms with E-state index in [9.17, 15) is 9.59 Å². The SMILES string of the molecule is Cc1ccc(OCC(=O)Nc2ccc(Cl)c(C(=O)NC3CCCCC3)c2)cc1C. The Balaban J connectivity index is 1.58. The molecule has 1 aliphatic rings. The van der Waals surface area contributed by atoms with Crippen LogP contribution in [-0.4, -0.2) is 24.5 Å². The molecule has 0 unspecified atom stereocenters. The van der Waals surface area contributed by atoms with Crippen LogP contribution in [0.2, 0.25) is 5.02 Å². The normalized spacial score (nSPS) is 14.3. The number of carbonyl (C=O) groups is 2. The molecule has 0 aromatic heterocycles. The third kappa shape index (κ3) is 5.97. The molecule has 154 valence electrons. The van der Waals surface area contributed by atoms with Gasteiger partial charge in [0.05, 0.1) is 10.6 Å². The maximum atomic E-state index is 12.6. The average molecular weight is 415 g/mol. The lowest BCUT2D eigenvalue weighted by Gasteiger charge is -2.23. The van der Waals surface area contributed by atoms with Crippen LogP contribution in [-0.2, 0) is 4.79 Å². The molecule has 0 spiro atoms. The number of carbonyl (C=O) groups excluding carboxylic acids is 2. The number of benzene rings is 2. The van der Waals surface area contributed by atoms with E-state index < -0.39 is 0 Å². The van der Waals surface area contributed by atoms with Crippen molar-refractivity contribution in [1.29, 1.82) is 0 Å². The van der Waals surface area contributed by atoms with Crippen LogP contribution in [0, 0.1) is 13.8 Å². The van der Waals surface area contributed by atoms with E-state index in [2.05, 4.69) is 10.6 Å². The number of halogens is 1. The minimum atomic E-state index is -0.302. The molecule has 6 heteroatoms. The molecule has 1 saturated carbocycles. The maximum Gasteiger partial charge on any atom is 0.262 e. The monoisotopic (exact) mass is 414 g/mol. The van der Waals surface area contributed by atoms with Gasteiger partial charge in [0.2, 0.25) is 0 Å². The fraction of sp³-hybridized carbons (Fsp3) is 0.391. The molecule has 3 rings (SSSR count). The molecule has 2 N–H and O–H groups in total. The first kappa shape index (κ1) is 21.2. The molecule has 1 aliphatic carbocycles. The molecule has 29 heavy (non-hydrogen) atoms. The van der Waals surface area contributed by atoms with Crippen molar-refractivity contribution >= 4 is 29.1 Å². The van der Waals surface area contributed by atoms with E-state index in [4.69, 9.17) is 16.3 Å². The number of hydrogen-bond acceptors (Lipinski definition) is 3. The lowest BCUT2D eigenvalue weighted by Crippen LogP contribution is -2.36. The smallest absolute Gasteiger partial charge is 0.262 e. The van der Waals surface area contributed by atoms with Crippen molar-refractivity contribution in [2.75, 3.05) is 11.9 Å². The van der Waals surface area contributed by atoms with Crippen LogP contribution < -0.4 is 15.4 Å². The van der Waals surface area contributed by atoms with Gasteiger partial charge in [-0.3, -0.25) is 9.59 Å². The van der Waals surface area contributed by atoms with E-state index in [1.807, 2.05) is 32.0 Å². The van der Waals surface area contributed by atoms with Crippen molar-refractivity contribution in [3.8, 4) is 5.75 Å². The van der Waals surface area contributed by atoms with Crippen molar-refractivity contribution in [2.24, 2.45) is 0 Å². The molecule has 2 aromatic carbocycles. The molecule has 0 atom stereocenters. The van der Waals surface area contributed by atoms with E-state index in [1.165, 1.54) is 12.0 Å². The Morgan fingerprint density at radius 3 is 2.52 bits per heavy atom. The lowest BCUT2D eigenvalue weighted by atomic mass is 9.95. The molecular formula is C23H27ClN2O3. The van der Waals surface area contributed by atoms with Crippen LogP contribution in [0.4, 0.5) is 5.69 Å². The van der Waals surface area contributed by atoms with Crippen LogP contribution in [0.15, 0.2) is 36.4 Å². The topological polar surface area (TPSA) is 67.4 Å². The van der Waals surface area contributed by atoms with E-state index in [0.717, 1.165) is 31.2 Å². The summed E-state index contributed by atoms with van der Waals surface area (Å²) in [5, 5.41) is 6.18. The van der Waals surface area contributed by atoms with Crippen molar-refractivity contribution in [3.63, 3.8) is 0 Å². The number of nitrogens with one attached hydrogen (secondary N) is 2. The highest BCUT2D eigenvalue weighted by atomic mass is 35.5.